The number of amides is 1. The molecule has 6 nitrogen and oxygen atoms in total. The molecule has 2 aromatic rings. The third-order valence-electron chi connectivity index (χ3n) is 2.82. The summed E-state index contributed by atoms with van der Waals surface area (Å²) in [5, 5.41) is 2.54. The molecule has 0 fully saturated rings. The van der Waals surface area contributed by atoms with Crippen LogP contribution in [0.4, 0.5) is 4.79 Å². The van der Waals surface area contributed by atoms with Gasteiger partial charge in [-0.15, -0.1) is 0 Å². The van der Waals surface area contributed by atoms with Gasteiger partial charge in [-0.05, 0) is 5.56 Å². The monoisotopic (exact) mass is 273 g/mol. The smallest absolute Gasteiger partial charge is 0.407 e. The van der Waals surface area contributed by atoms with Crippen LogP contribution < -0.4 is 5.32 Å². The summed E-state index contributed by atoms with van der Waals surface area (Å²) in [6.45, 7) is 0. The van der Waals surface area contributed by atoms with E-state index < -0.39 is 12.1 Å². The Hall–Kier alpha value is -2.63. The molecular weight excluding hydrogens is 258 g/mol. The standard InChI is InChI=1S/C14H15N3O3/c1-20-14(19)16-12(9-11-5-3-2-4-6-11)13(18)17-8-7-15-10-17/h2-8,10,12H,9H2,1H3,(H,16,19)/t12-/m1/s1. The highest BCUT2D eigenvalue weighted by atomic mass is 16.5. The second-order valence-electron chi connectivity index (χ2n) is 4.19. The topological polar surface area (TPSA) is 73.2 Å². The average Bonchev–Trinajstić information content (AvgIpc) is 3.01. The molecule has 0 aliphatic carbocycles. The van der Waals surface area contributed by atoms with Gasteiger partial charge in [-0.1, -0.05) is 30.3 Å². The van der Waals surface area contributed by atoms with Crippen molar-refractivity contribution in [2.75, 3.05) is 7.11 Å². The van der Waals surface area contributed by atoms with Crippen molar-refractivity contribution in [2.24, 2.45) is 0 Å². The molecule has 6 heteroatoms. The largest absolute Gasteiger partial charge is 0.453 e. The van der Waals surface area contributed by atoms with Crippen molar-refractivity contribution in [3.63, 3.8) is 0 Å². The molecule has 1 aromatic heterocycles. The molecule has 1 aromatic carbocycles. The van der Waals surface area contributed by atoms with Crippen LogP contribution in [0.2, 0.25) is 0 Å². The minimum atomic E-state index is -0.709. The molecule has 0 aliphatic rings. The van der Waals surface area contributed by atoms with Crippen LogP contribution >= 0.6 is 0 Å². The molecule has 1 N–H and O–H groups in total. The van der Waals surface area contributed by atoms with Gasteiger partial charge < -0.3 is 10.1 Å². The molecule has 104 valence electrons. The van der Waals surface area contributed by atoms with Crippen molar-refractivity contribution in [3.8, 4) is 0 Å². The first-order valence-corrected chi connectivity index (χ1v) is 6.11. The summed E-state index contributed by atoms with van der Waals surface area (Å²) in [4.78, 5) is 27.5. The number of carbonyl (C=O) groups excluding carboxylic acids is 2. The van der Waals surface area contributed by atoms with Crippen LogP contribution in [0.3, 0.4) is 0 Å². The molecule has 0 radical (unpaired) electrons. The van der Waals surface area contributed by atoms with Crippen LogP contribution in [-0.2, 0) is 11.2 Å². The molecule has 20 heavy (non-hydrogen) atoms. The Morgan fingerprint density at radius 1 is 1.35 bits per heavy atom. The zero-order valence-electron chi connectivity index (χ0n) is 11.0. The summed E-state index contributed by atoms with van der Waals surface area (Å²) in [7, 11) is 1.26. The van der Waals surface area contributed by atoms with E-state index in [1.165, 1.54) is 24.2 Å². The SMILES string of the molecule is COC(=O)N[C@H](Cc1ccccc1)C(=O)n1ccnc1. The van der Waals surface area contributed by atoms with Gasteiger partial charge in [0.25, 0.3) is 5.91 Å². The lowest BCUT2D eigenvalue weighted by atomic mass is 10.1. The van der Waals surface area contributed by atoms with Gasteiger partial charge in [0.2, 0.25) is 0 Å². The lowest BCUT2D eigenvalue weighted by Gasteiger charge is -2.17. The summed E-state index contributed by atoms with van der Waals surface area (Å²) in [6.07, 6.45) is 4.20. The summed E-state index contributed by atoms with van der Waals surface area (Å²) >= 11 is 0. The highest BCUT2D eigenvalue weighted by molar-refractivity contribution is 5.87. The molecule has 2 rings (SSSR count). The second-order valence-corrected chi connectivity index (χ2v) is 4.19. The average molecular weight is 273 g/mol. The maximum atomic E-state index is 12.3. The summed E-state index contributed by atoms with van der Waals surface area (Å²) in [6, 6.07) is 8.74. The van der Waals surface area contributed by atoms with E-state index in [0.29, 0.717) is 6.42 Å². The van der Waals surface area contributed by atoms with Gasteiger partial charge in [0, 0.05) is 18.8 Å². The quantitative estimate of drug-likeness (QED) is 0.916. The van der Waals surface area contributed by atoms with Gasteiger partial charge in [-0.3, -0.25) is 9.36 Å². The van der Waals surface area contributed by atoms with E-state index in [1.807, 2.05) is 30.3 Å². The number of rotatable bonds is 4. The number of ether oxygens (including phenoxy) is 1. The van der Waals surface area contributed by atoms with Crippen LogP contribution in [0.25, 0.3) is 0 Å². The van der Waals surface area contributed by atoms with Crippen molar-refractivity contribution in [3.05, 3.63) is 54.6 Å². The number of aromatic nitrogens is 2. The van der Waals surface area contributed by atoms with Crippen LogP contribution in [0, 0.1) is 0 Å². The van der Waals surface area contributed by atoms with Crippen LogP contribution in [0.1, 0.15) is 10.4 Å². The Bertz CT molecular complexity index is 567. The zero-order chi connectivity index (χ0) is 14.4. The van der Waals surface area contributed by atoms with Gasteiger partial charge in [0.05, 0.1) is 7.11 Å². The zero-order valence-corrected chi connectivity index (χ0v) is 11.0. The van der Waals surface area contributed by atoms with E-state index in [0.717, 1.165) is 5.56 Å². The van der Waals surface area contributed by atoms with Crippen molar-refractivity contribution in [1.82, 2.24) is 14.9 Å². The number of nitrogens with zero attached hydrogens (tertiary/aromatic N) is 2. The minimum absolute atomic E-state index is 0.267. The predicted molar refractivity (Wildman–Crippen MR) is 72.3 cm³/mol. The Labute approximate surface area is 116 Å². The molecule has 0 bridgehead atoms. The highest BCUT2D eigenvalue weighted by Crippen LogP contribution is 2.06. The maximum absolute atomic E-state index is 12.3. The normalized spacial score (nSPS) is 11.7. The molecule has 0 saturated heterocycles. The third kappa shape index (κ3) is 3.44. The van der Waals surface area contributed by atoms with E-state index in [4.69, 9.17) is 0 Å². The lowest BCUT2D eigenvalue weighted by molar-refractivity contribution is 0.0848. The molecule has 0 saturated carbocycles. The summed E-state index contributed by atoms with van der Waals surface area (Å²) < 4.78 is 5.90. The summed E-state index contributed by atoms with van der Waals surface area (Å²) in [5.74, 6) is -0.267. The Morgan fingerprint density at radius 2 is 2.10 bits per heavy atom. The number of hydrogen-bond acceptors (Lipinski definition) is 4. The number of alkyl carbamates (subject to hydrolysis) is 1. The van der Waals surface area contributed by atoms with Gasteiger partial charge in [0.1, 0.15) is 12.4 Å². The predicted octanol–water partition coefficient (Wildman–Crippen LogP) is 1.49. The molecule has 1 atom stereocenters. The Balaban J connectivity index is 2.16. The molecule has 0 aliphatic heterocycles. The number of carbonyl (C=O) groups is 2. The summed E-state index contributed by atoms with van der Waals surface area (Å²) in [5.41, 5.74) is 0.947. The maximum Gasteiger partial charge on any atom is 0.407 e. The fourth-order valence-electron chi connectivity index (χ4n) is 1.82. The number of hydrogen-bond donors (Lipinski definition) is 1. The molecule has 0 unspecified atom stereocenters. The number of methoxy groups -OCH3 is 1. The van der Waals surface area contributed by atoms with Gasteiger partial charge in [0.15, 0.2) is 0 Å². The van der Waals surface area contributed by atoms with Gasteiger partial charge >= 0.3 is 6.09 Å². The van der Waals surface area contributed by atoms with E-state index >= 15 is 0 Å². The molecule has 1 heterocycles. The van der Waals surface area contributed by atoms with E-state index in [1.54, 1.807) is 6.20 Å². The van der Waals surface area contributed by atoms with Crippen molar-refractivity contribution in [1.29, 1.82) is 0 Å². The Kier molecular flexibility index (Phi) is 4.49. The first kappa shape index (κ1) is 13.8. The van der Waals surface area contributed by atoms with Crippen molar-refractivity contribution < 1.29 is 14.3 Å². The van der Waals surface area contributed by atoms with Gasteiger partial charge in [-0.25, -0.2) is 9.78 Å². The first-order chi connectivity index (χ1) is 9.70. The van der Waals surface area contributed by atoms with Crippen molar-refractivity contribution in [2.45, 2.75) is 12.5 Å². The molecule has 0 spiro atoms. The third-order valence-corrected chi connectivity index (χ3v) is 2.82. The fourth-order valence-corrected chi connectivity index (χ4v) is 1.82. The first-order valence-electron chi connectivity index (χ1n) is 6.11. The second kappa shape index (κ2) is 6.51. The van der Waals surface area contributed by atoms with Crippen LogP contribution in [0.15, 0.2) is 49.1 Å². The number of imidazole rings is 1. The van der Waals surface area contributed by atoms with Gasteiger partial charge in [-0.2, -0.15) is 0 Å². The Morgan fingerprint density at radius 3 is 2.70 bits per heavy atom. The van der Waals surface area contributed by atoms with Crippen LogP contribution in [0.5, 0.6) is 0 Å². The van der Waals surface area contributed by atoms with E-state index in [-0.39, 0.29) is 5.91 Å². The lowest BCUT2D eigenvalue weighted by Crippen LogP contribution is -2.44. The van der Waals surface area contributed by atoms with Crippen LogP contribution in [-0.4, -0.2) is 34.7 Å². The van der Waals surface area contributed by atoms with Crippen molar-refractivity contribution >= 4 is 12.0 Å². The highest BCUT2D eigenvalue weighted by Gasteiger charge is 2.22. The number of nitrogens with one attached hydrogen (secondary N) is 1. The fraction of sp³-hybridized carbons (Fsp3) is 0.214. The molecule has 1 amide bonds. The van der Waals surface area contributed by atoms with E-state index in [2.05, 4.69) is 15.0 Å². The number of benzene rings is 1. The van der Waals surface area contributed by atoms with E-state index in [9.17, 15) is 9.59 Å². The minimum Gasteiger partial charge on any atom is -0.453 e. The molecular formula is C14H15N3O3.